The number of nitrogens with zero attached hydrogens (tertiary/aromatic N) is 1. The molecule has 0 aliphatic rings. The van der Waals surface area contributed by atoms with Gasteiger partial charge in [-0.1, -0.05) is 169 Å². The molecular weight excluding hydrogens is 701 g/mol. The molecule has 8 heteroatoms. The van der Waals surface area contributed by atoms with Crippen LogP contribution in [-0.4, -0.2) is 75.4 Å². The van der Waals surface area contributed by atoms with Gasteiger partial charge in [0, 0.05) is 32.7 Å². The van der Waals surface area contributed by atoms with E-state index in [2.05, 4.69) is 37.9 Å². The molecule has 0 aromatic rings. The zero-order chi connectivity index (χ0) is 41.2. The Hall–Kier alpha value is -1.67. The summed E-state index contributed by atoms with van der Waals surface area (Å²) in [4.78, 5) is 40.1. The molecule has 1 N–H and O–H groups in total. The van der Waals surface area contributed by atoms with E-state index in [1.54, 1.807) is 7.11 Å². The van der Waals surface area contributed by atoms with Gasteiger partial charge in [0.25, 0.3) is 0 Å². The number of esters is 2. The standard InChI is InChI=1S/C48H94N2O6/c1-6-10-13-16-18-24-30-41-55-47(52)37-26-21-19-22-29-39-50(40-32-38-49-46(51)43-54-5)45(33-9-4)36-28-27-35-44(34-25-20-17-14-11-7-2)48(53)56-42-31-23-15-12-8-3/h44-45H,6-43H2,1-5H3,(H,49,51). The van der Waals surface area contributed by atoms with E-state index in [0.717, 1.165) is 129 Å². The van der Waals surface area contributed by atoms with E-state index in [1.165, 1.54) is 83.5 Å². The van der Waals surface area contributed by atoms with E-state index in [1.807, 2.05) is 0 Å². The van der Waals surface area contributed by atoms with Crippen LogP contribution in [-0.2, 0) is 28.6 Å². The first kappa shape index (κ1) is 54.3. The summed E-state index contributed by atoms with van der Waals surface area (Å²) in [6.45, 7) is 12.9. The monoisotopic (exact) mass is 795 g/mol. The molecule has 8 nitrogen and oxygen atoms in total. The molecule has 0 fully saturated rings. The maximum atomic E-state index is 13.2. The Morgan fingerprint density at radius 2 is 0.982 bits per heavy atom. The highest BCUT2D eigenvalue weighted by atomic mass is 16.5. The van der Waals surface area contributed by atoms with Gasteiger partial charge < -0.3 is 24.4 Å². The van der Waals surface area contributed by atoms with E-state index < -0.39 is 0 Å². The molecule has 0 aliphatic heterocycles. The van der Waals surface area contributed by atoms with Crippen molar-refractivity contribution in [1.82, 2.24) is 10.2 Å². The number of amides is 1. The van der Waals surface area contributed by atoms with Crippen LogP contribution in [0.3, 0.4) is 0 Å². The quantitative estimate of drug-likeness (QED) is 0.0485. The second kappa shape index (κ2) is 42.9. The Labute approximate surface area is 347 Å². The number of methoxy groups -OCH3 is 1. The third-order valence-corrected chi connectivity index (χ3v) is 11.3. The highest BCUT2D eigenvalue weighted by Gasteiger charge is 2.21. The van der Waals surface area contributed by atoms with Gasteiger partial charge in [0.1, 0.15) is 6.61 Å². The lowest BCUT2D eigenvalue weighted by atomic mass is 9.93. The van der Waals surface area contributed by atoms with Crippen LogP contribution in [0.1, 0.15) is 233 Å². The number of carbonyl (C=O) groups is 3. The average Bonchev–Trinajstić information content (AvgIpc) is 3.19. The predicted molar refractivity (Wildman–Crippen MR) is 236 cm³/mol. The van der Waals surface area contributed by atoms with Crippen molar-refractivity contribution in [3.8, 4) is 0 Å². The van der Waals surface area contributed by atoms with E-state index in [4.69, 9.17) is 14.2 Å². The third kappa shape index (κ3) is 35.5. The first-order valence-corrected chi connectivity index (χ1v) is 24.2. The molecule has 2 atom stereocenters. The summed E-state index contributed by atoms with van der Waals surface area (Å²) in [6, 6.07) is 0.507. The molecule has 2 unspecified atom stereocenters. The largest absolute Gasteiger partial charge is 0.466 e. The number of hydrogen-bond acceptors (Lipinski definition) is 7. The van der Waals surface area contributed by atoms with Gasteiger partial charge in [-0.25, -0.2) is 0 Å². The lowest BCUT2D eigenvalue weighted by Crippen LogP contribution is -2.38. The van der Waals surface area contributed by atoms with Gasteiger partial charge in [-0.2, -0.15) is 0 Å². The van der Waals surface area contributed by atoms with Crippen LogP contribution in [0.4, 0.5) is 0 Å². The molecule has 0 bridgehead atoms. The van der Waals surface area contributed by atoms with Crippen LogP contribution in [0.5, 0.6) is 0 Å². The van der Waals surface area contributed by atoms with Crippen LogP contribution >= 0.6 is 0 Å². The zero-order valence-corrected chi connectivity index (χ0v) is 37.9. The van der Waals surface area contributed by atoms with Crippen molar-refractivity contribution in [1.29, 1.82) is 0 Å². The summed E-state index contributed by atoms with van der Waals surface area (Å²) in [5.41, 5.74) is 0. The van der Waals surface area contributed by atoms with Crippen LogP contribution in [0.25, 0.3) is 0 Å². The Kier molecular flexibility index (Phi) is 41.6. The van der Waals surface area contributed by atoms with Gasteiger partial charge in [0.15, 0.2) is 0 Å². The van der Waals surface area contributed by atoms with Crippen molar-refractivity contribution in [2.45, 2.75) is 239 Å². The number of rotatable bonds is 44. The third-order valence-electron chi connectivity index (χ3n) is 11.3. The maximum absolute atomic E-state index is 13.2. The molecule has 0 aromatic heterocycles. The van der Waals surface area contributed by atoms with Crippen molar-refractivity contribution in [3.63, 3.8) is 0 Å². The van der Waals surface area contributed by atoms with Crippen molar-refractivity contribution in [2.24, 2.45) is 5.92 Å². The zero-order valence-electron chi connectivity index (χ0n) is 37.9. The minimum Gasteiger partial charge on any atom is -0.466 e. The van der Waals surface area contributed by atoms with E-state index >= 15 is 0 Å². The fourth-order valence-electron chi connectivity index (χ4n) is 7.76. The Morgan fingerprint density at radius 1 is 0.500 bits per heavy atom. The second-order valence-corrected chi connectivity index (χ2v) is 16.6. The number of hydrogen-bond donors (Lipinski definition) is 1. The minimum atomic E-state index is -0.0589. The molecule has 0 aromatic carbocycles. The summed E-state index contributed by atoms with van der Waals surface area (Å²) in [7, 11) is 1.55. The number of carbonyl (C=O) groups excluding carboxylic acids is 3. The minimum absolute atomic E-state index is 0.0280. The van der Waals surface area contributed by atoms with Gasteiger partial charge >= 0.3 is 11.9 Å². The number of ether oxygens (including phenoxy) is 3. The van der Waals surface area contributed by atoms with Crippen LogP contribution in [0, 0.1) is 5.92 Å². The van der Waals surface area contributed by atoms with Crippen molar-refractivity contribution < 1.29 is 28.6 Å². The first-order chi connectivity index (χ1) is 27.4. The van der Waals surface area contributed by atoms with Gasteiger partial charge in [-0.15, -0.1) is 0 Å². The number of unbranched alkanes of at least 4 members (excludes halogenated alkanes) is 20. The molecule has 0 radical (unpaired) electrons. The molecule has 332 valence electrons. The molecule has 0 heterocycles. The fraction of sp³-hybridized carbons (Fsp3) is 0.938. The smallest absolute Gasteiger partial charge is 0.308 e. The normalized spacial score (nSPS) is 12.5. The van der Waals surface area contributed by atoms with Crippen LogP contribution < -0.4 is 5.32 Å². The van der Waals surface area contributed by atoms with Gasteiger partial charge in [0.2, 0.25) is 5.91 Å². The van der Waals surface area contributed by atoms with Gasteiger partial charge in [-0.3, -0.25) is 14.4 Å². The van der Waals surface area contributed by atoms with E-state index in [-0.39, 0.29) is 30.4 Å². The molecule has 0 spiro atoms. The molecular formula is C48H94N2O6. The summed E-state index contributed by atoms with van der Waals surface area (Å²) in [6.07, 6.45) is 36.3. The topological polar surface area (TPSA) is 94.2 Å². The highest BCUT2D eigenvalue weighted by Crippen LogP contribution is 2.23. The van der Waals surface area contributed by atoms with E-state index in [0.29, 0.717) is 32.2 Å². The van der Waals surface area contributed by atoms with Gasteiger partial charge in [-0.05, 0) is 64.3 Å². The molecule has 1 amide bonds. The molecule has 0 rings (SSSR count). The Balaban J connectivity index is 4.91. The summed E-state index contributed by atoms with van der Waals surface area (Å²) in [5, 5.41) is 3.00. The predicted octanol–water partition coefficient (Wildman–Crippen LogP) is 12.7. The lowest BCUT2D eigenvalue weighted by Gasteiger charge is -2.32. The van der Waals surface area contributed by atoms with Crippen LogP contribution in [0.2, 0.25) is 0 Å². The van der Waals surface area contributed by atoms with E-state index in [9.17, 15) is 14.4 Å². The SMILES string of the molecule is CCCCCCCCCOC(=O)CCCCCCCN(CCCNC(=O)COC)C(CCC)CCCCC(CCCCCCCC)C(=O)OCCCCCCC. The van der Waals surface area contributed by atoms with Crippen molar-refractivity contribution in [3.05, 3.63) is 0 Å². The van der Waals surface area contributed by atoms with Crippen molar-refractivity contribution in [2.75, 3.05) is 46.6 Å². The molecule has 56 heavy (non-hydrogen) atoms. The fourth-order valence-corrected chi connectivity index (χ4v) is 7.76. The summed E-state index contributed by atoms with van der Waals surface area (Å²) in [5.74, 6) is -0.0288. The van der Waals surface area contributed by atoms with Crippen LogP contribution in [0.15, 0.2) is 0 Å². The lowest BCUT2D eigenvalue weighted by molar-refractivity contribution is -0.149. The highest BCUT2D eigenvalue weighted by molar-refractivity contribution is 5.77. The second-order valence-electron chi connectivity index (χ2n) is 16.6. The Bertz CT molecular complexity index is 871. The summed E-state index contributed by atoms with van der Waals surface area (Å²) < 4.78 is 16.3. The molecule has 0 aliphatic carbocycles. The molecule has 0 saturated heterocycles. The first-order valence-electron chi connectivity index (χ1n) is 24.2. The Morgan fingerprint density at radius 3 is 1.57 bits per heavy atom. The molecule has 0 saturated carbocycles. The average molecular weight is 795 g/mol. The van der Waals surface area contributed by atoms with Gasteiger partial charge in [0.05, 0.1) is 19.1 Å². The summed E-state index contributed by atoms with van der Waals surface area (Å²) >= 11 is 0. The number of nitrogens with one attached hydrogen (secondary N) is 1. The maximum Gasteiger partial charge on any atom is 0.308 e. The van der Waals surface area contributed by atoms with Crippen molar-refractivity contribution >= 4 is 17.8 Å².